The number of carbonyl (C=O) groups is 1. The molecule has 0 saturated carbocycles. The van der Waals surface area contributed by atoms with Gasteiger partial charge >= 0.3 is 6.18 Å². The van der Waals surface area contributed by atoms with E-state index in [0.717, 1.165) is 23.0 Å². The summed E-state index contributed by atoms with van der Waals surface area (Å²) in [6.07, 6.45) is -4.71. The number of alkyl halides is 3. The van der Waals surface area contributed by atoms with Gasteiger partial charge in [-0.2, -0.15) is 13.2 Å². The number of rotatable bonds is 6. The minimum atomic E-state index is -4.71. The van der Waals surface area contributed by atoms with Crippen LogP contribution in [0.1, 0.15) is 18.5 Å². The predicted octanol–water partition coefficient (Wildman–Crippen LogP) is 0.0992. The summed E-state index contributed by atoms with van der Waals surface area (Å²) in [6, 6.07) is 2.08. The van der Waals surface area contributed by atoms with Gasteiger partial charge in [0.05, 0.1) is 23.7 Å². The van der Waals surface area contributed by atoms with Crippen molar-refractivity contribution < 1.29 is 31.1 Å². The number of aromatic nitrogens is 4. The standard InChI is InChI=1S/C15H18F3N7O4S/c1-10(25-21-14(20-22-25)24-5-7-29-8-6-24)13(26)19-23-30(27,28)12-4-2-3-11(9-12)15(16,17)18/h2-4,9-10,23H,5-8H2,1H3,(H,19,26)/t10-/m0/s1. The number of nitrogens with zero attached hydrogens (tertiary/aromatic N) is 5. The minimum absolute atomic E-state index is 0.294. The molecular weight excluding hydrogens is 431 g/mol. The van der Waals surface area contributed by atoms with Crippen molar-refractivity contribution in [2.24, 2.45) is 0 Å². The van der Waals surface area contributed by atoms with Crippen LogP contribution in [0.3, 0.4) is 0 Å². The molecular formula is C15H18F3N7O4S. The number of hydrogen-bond acceptors (Lipinski definition) is 8. The molecule has 164 valence electrons. The fourth-order valence-electron chi connectivity index (χ4n) is 2.50. The van der Waals surface area contributed by atoms with E-state index in [0.29, 0.717) is 38.3 Å². The Morgan fingerprint density at radius 1 is 1.27 bits per heavy atom. The number of hydrazine groups is 1. The molecule has 2 N–H and O–H groups in total. The van der Waals surface area contributed by atoms with Gasteiger partial charge < -0.3 is 9.64 Å². The molecule has 3 rings (SSSR count). The van der Waals surface area contributed by atoms with E-state index in [4.69, 9.17) is 4.74 Å². The van der Waals surface area contributed by atoms with E-state index in [1.54, 1.807) is 4.83 Å². The van der Waals surface area contributed by atoms with Crippen LogP contribution < -0.4 is 15.2 Å². The van der Waals surface area contributed by atoms with Crippen LogP contribution in [-0.4, -0.2) is 60.8 Å². The van der Waals surface area contributed by atoms with Crippen molar-refractivity contribution >= 4 is 21.9 Å². The molecule has 0 radical (unpaired) electrons. The number of benzene rings is 1. The maximum atomic E-state index is 12.8. The molecule has 15 heteroatoms. The molecule has 1 amide bonds. The maximum Gasteiger partial charge on any atom is 0.416 e. The van der Waals surface area contributed by atoms with E-state index >= 15 is 0 Å². The molecule has 11 nitrogen and oxygen atoms in total. The summed E-state index contributed by atoms with van der Waals surface area (Å²) in [5, 5.41) is 11.7. The predicted molar refractivity (Wildman–Crippen MR) is 95.5 cm³/mol. The molecule has 1 aromatic heterocycles. The molecule has 30 heavy (non-hydrogen) atoms. The topological polar surface area (TPSA) is 131 Å². The maximum absolute atomic E-state index is 12.8. The highest BCUT2D eigenvalue weighted by Crippen LogP contribution is 2.30. The Bertz CT molecular complexity index is 1010. The Balaban J connectivity index is 1.64. The van der Waals surface area contributed by atoms with Crippen molar-refractivity contribution in [3.63, 3.8) is 0 Å². The molecule has 1 fully saturated rings. The third-order valence-electron chi connectivity index (χ3n) is 4.22. The van der Waals surface area contributed by atoms with Crippen LogP contribution in [0.5, 0.6) is 0 Å². The van der Waals surface area contributed by atoms with Crippen LogP contribution in [0.2, 0.25) is 0 Å². The van der Waals surface area contributed by atoms with Crippen molar-refractivity contribution in [1.82, 2.24) is 30.5 Å². The number of tetrazole rings is 1. The Morgan fingerprint density at radius 2 is 1.97 bits per heavy atom. The zero-order valence-electron chi connectivity index (χ0n) is 15.6. The van der Waals surface area contributed by atoms with Crippen molar-refractivity contribution in [2.75, 3.05) is 31.2 Å². The van der Waals surface area contributed by atoms with Gasteiger partial charge in [-0.25, -0.2) is 8.42 Å². The number of nitrogens with one attached hydrogen (secondary N) is 2. The summed E-state index contributed by atoms with van der Waals surface area (Å²) >= 11 is 0. The highest BCUT2D eigenvalue weighted by Gasteiger charge is 2.32. The summed E-state index contributed by atoms with van der Waals surface area (Å²) in [7, 11) is -4.44. The van der Waals surface area contributed by atoms with Crippen molar-refractivity contribution in [3.8, 4) is 0 Å². The van der Waals surface area contributed by atoms with E-state index in [1.807, 2.05) is 10.3 Å². The average molecular weight is 449 g/mol. The zero-order chi connectivity index (χ0) is 21.9. The lowest BCUT2D eigenvalue weighted by molar-refractivity contribution is -0.137. The normalized spacial score (nSPS) is 16.3. The van der Waals surface area contributed by atoms with Crippen LogP contribution in [0.4, 0.5) is 19.1 Å². The fraction of sp³-hybridized carbons (Fsp3) is 0.467. The van der Waals surface area contributed by atoms with Crippen LogP contribution in [0.15, 0.2) is 29.2 Å². The summed E-state index contributed by atoms with van der Waals surface area (Å²) in [4.78, 5) is 16.2. The molecule has 0 bridgehead atoms. The third kappa shape index (κ3) is 5.03. The number of sulfonamides is 1. The quantitative estimate of drug-likeness (QED) is 0.594. The Morgan fingerprint density at radius 3 is 2.63 bits per heavy atom. The van der Waals surface area contributed by atoms with Gasteiger partial charge in [-0.15, -0.1) is 14.7 Å². The van der Waals surface area contributed by atoms with Crippen LogP contribution in [0, 0.1) is 0 Å². The van der Waals surface area contributed by atoms with Crippen molar-refractivity contribution in [1.29, 1.82) is 0 Å². The third-order valence-corrected chi connectivity index (χ3v) is 5.46. The summed E-state index contributed by atoms with van der Waals surface area (Å²) in [6.45, 7) is 3.52. The summed E-state index contributed by atoms with van der Waals surface area (Å²) < 4.78 is 68.0. The van der Waals surface area contributed by atoms with Gasteiger partial charge in [0.25, 0.3) is 21.9 Å². The molecule has 1 aliphatic heterocycles. The first-order valence-electron chi connectivity index (χ1n) is 8.69. The Kier molecular flexibility index (Phi) is 6.23. The highest BCUT2D eigenvalue weighted by molar-refractivity contribution is 7.89. The van der Waals surface area contributed by atoms with Gasteiger partial charge in [0.2, 0.25) is 0 Å². The Hall–Kier alpha value is -2.78. The molecule has 0 unspecified atom stereocenters. The Labute approximate surface area is 169 Å². The molecule has 2 aromatic rings. The second kappa shape index (κ2) is 8.53. The van der Waals surface area contributed by atoms with E-state index < -0.39 is 38.6 Å². The second-order valence-corrected chi connectivity index (χ2v) is 7.99. The highest BCUT2D eigenvalue weighted by atomic mass is 32.2. The largest absolute Gasteiger partial charge is 0.416 e. The van der Waals surface area contributed by atoms with Crippen molar-refractivity contribution in [3.05, 3.63) is 29.8 Å². The van der Waals surface area contributed by atoms with Crippen LogP contribution in [0.25, 0.3) is 0 Å². The SMILES string of the molecule is C[C@@H](C(=O)NNS(=O)(=O)c1cccc(C(F)(F)F)c1)n1nnc(N2CCOCC2)n1. The number of morpholine rings is 1. The van der Waals surface area contributed by atoms with Gasteiger partial charge in [-0.1, -0.05) is 11.2 Å². The first kappa shape index (κ1) is 21.9. The van der Waals surface area contributed by atoms with Gasteiger partial charge in [0, 0.05) is 13.1 Å². The van der Waals surface area contributed by atoms with Crippen molar-refractivity contribution in [2.45, 2.75) is 24.0 Å². The first-order valence-corrected chi connectivity index (χ1v) is 10.2. The number of amides is 1. The first-order chi connectivity index (χ1) is 14.1. The number of anilines is 1. The smallest absolute Gasteiger partial charge is 0.378 e. The molecule has 1 saturated heterocycles. The lowest BCUT2D eigenvalue weighted by atomic mass is 10.2. The van der Waals surface area contributed by atoms with Crippen LogP contribution in [-0.2, 0) is 25.7 Å². The lowest BCUT2D eigenvalue weighted by Gasteiger charge is -2.24. The molecule has 2 heterocycles. The van der Waals surface area contributed by atoms with E-state index in [9.17, 15) is 26.4 Å². The second-order valence-electron chi connectivity index (χ2n) is 6.31. The number of halogens is 3. The molecule has 1 atom stereocenters. The number of ether oxygens (including phenoxy) is 1. The monoisotopic (exact) mass is 449 g/mol. The molecule has 0 spiro atoms. The summed E-state index contributed by atoms with van der Waals surface area (Å²) in [5.74, 6) is -0.543. The van der Waals surface area contributed by atoms with E-state index in [2.05, 4.69) is 15.4 Å². The number of carbonyl (C=O) groups excluding carboxylic acids is 1. The summed E-state index contributed by atoms with van der Waals surface area (Å²) in [5.41, 5.74) is 0.814. The minimum Gasteiger partial charge on any atom is -0.378 e. The molecule has 0 aliphatic carbocycles. The lowest BCUT2D eigenvalue weighted by Crippen LogP contribution is -2.44. The van der Waals surface area contributed by atoms with Gasteiger partial charge in [-0.05, 0) is 30.3 Å². The van der Waals surface area contributed by atoms with Crippen LogP contribution >= 0.6 is 0 Å². The van der Waals surface area contributed by atoms with Gasteiger partial charge in [0.1, 0.15) is 0 Å². The average Bonchev–Trinajstić information content (AvgIpc) is 3.22. The number of hydrogen-bond donors (Lipinski definition) is 2. The molecule has 1 aliphatic rings. The zero-order valence-corrected chi connectivity index (χ0v) is 16.4. The van der Waals surface area contributed by atoms with Gasteiger partial charge in [0.15, 0.2) is 6.04 Å². The van der Waals surface area contributed by atoms with Gasteiger partial charge in [-0.3, -0.25) is 10.2 Å². The fourth-order valence-corrected chi connectivity index (χ4v) is 3.39. The van der Waals surface area contributed by atoms with E-state index in [1.165, 1.54) is 6.92 Å². The van der Waals surface area contributed by atoms with E-state index in [-0.39, 0.29) is 0 Å². The molecule has 1 aromatic carbocycles.